The van der Waals surface area contributed by atoms with E-state index in [-0.39, 0.29) is 5.82 Å². The van der Waals surface area contributed by atoms with Gasteiger partial charge in [-0.15, -0.1) is 0 Å². The summed E-state index contributed by atoms with van der Waals surface area (Å²) in [6.45, 7) is 1.92. The molecule has 0 aliphatic rings. The molecule has 2 N–H and O–H groups in total. The van der Waals surface area contributed by atoms with Gasteiger partial charge in [0.05, 0.1) is 19.8 Å². The minimum Gasteiger partial charge on any atom is -0.497 e. The van der Waals surface area contributed by atoms with Crippen LogP contribution in [0.5, 0.6) is 11.5 Å². The molecule has 2 aromatic carbocycles. The molecule has 0 fully saturated rings. The Hall–Kier alpha value is -2.07. The first-order valence-corrected chi connectivity index (χ1v) is 6.83. The highest BCUT2D eigenvalue weighted by atomic mass is 19.1. The van der Waals surface area contributed by atoms with E-state index in [2.05, 4.69) is 0 Å². The minimum absolute atomic E-state index is 0.327. The van der Waals surface area contributed by atoms with Gasteiger partial charge in [0.25, 0.3) is 0 Å². The summed E-state index contributed by atoms with van der Waals surface area (Å²) in [5.41, 5.74) is 6.73. The molecule has 2 rings (SSSR count). The fraction of sp³-hybridized carbons (Fsp3) is 0.294. The average molecular weight is 289 g/mol. The maximum Gasteiger partial charge on any atom is 0.128 e. The topological polar surface area (TPSA) is 44.5 Å². The molecule has 0 radical (unpaired) electrons. The van der Waals surface area contributed by atoms with Crippen LogP contribution >= 0.6 is 0 Å². The number of rotatable bonds is 5. The average Bonchev–Trinajstić information content (AvgIpc) is 2.54. The van der Waals surface area contributed by atoms with E-state index in [1.807, 2.05) is 6.92 Å². The summed E-state index contributed by atoms with van der Waals surface area (Å²) in [4.78, 5) is 0. The van der Waals surface area contributed by atoms with E-state index in [0.29, 0.717) is 29.0 Å². The number of nitrogens with two attached hydrogens (primary N) is 1. The lowest BCUT2D eigenvalue weighted by Gasteiger charge is -2.31. The lowest BCUT2D eigenvalue weighted by molar-refractivity contribution is 0.379. The van der Waals surface area contributed by atoms with Gasteiger partial charge < -0.3 is 15.2 Å². The van der Waals surface area contributed by atoms with Crippen molar-refractivity contribution >= 4 is 0 Å². The molecule has 0 saturated carbocycles. The van der Waals surface area contributed by atoms with E-state index in [1.54, 1.807) is 50.6 Å². The standard InChI is InChI=1S/C17H20FNO2/c1-4-17(19,13-7-5-6-8-15(13)18)14-11-12(20-2)9-10-16(14)21-3/h5-11H,4,19H2,1-3H3. The zero-order chi connectivity index (χ0) is 15.5. The molecule has 0 aromatic heterocycles. The second kappa shape index (κ2) is 6.14. The smallest absolute Gasteiger partial charge is 0.128 e. The molecule has 0 bridgehead atoms. The molecule has 0 saturated heterocycles. The van der Waals surface area contributed by atoms with Crippen molar-refractivity contribution in [3.05, 3.63) is 59.4 Å². The molecule has 0 aliphatic heterocycles. The van der Waals surface area contributed by atoms with Crippen LogP contribution in [-0.4, -0.2) is 14.2 Å². The monoisotopic (exact) mass is 289 g/mol. The van der Waals surface area contributed by atoms with Crippen LogP contribution in [0.15, 0.2) is 42.5 Å². The third kappa shape index (κ3) is 2.72. The van der Waals surface area contributed by atoms with E-state index in [4.69, 9.17) is 15.2 Å². The summed E-state index contributed by atoms with van der Waals surface area (Å²) in [5.74, 6) is 0.945. The van der Waals surface area contributed by atoms with Gasteiger partial charge in [0.1, 0.15) is 17.3 Å². The lowest BCUT2D eigenvalue weighted by atomic mass is 9.80. The molecule has 21 heavy (non-hydrogen) atoms. The van der Waals surface area contributed by atoms with Crippen LogP contribution in [0.4, 0.5) is 4.39 Å². The number of hydrogen-bond acceptors (Lipinski definition) is 3. The third-order valence-electron chi connectivity index (χ3n) is 3.80. The van der Waals surface area contributed by atoms with Gasteiger partial charge in [-0.2, -0.15) is 0 Å². The molecule has 2 aromatic rings. The molecule has 1 unspecified atom stereocenters. The first kappa shape index (κ1) is 15.3. The van der Waals surface area contributed by atoms with Crippen molar-refractivity contribution in [2.45, 2.75) is 18.9 Å². The van der Waals surface area contributed by atoms with Crippen molar-refractivity contribution in [2.75, 3.05) is 14.2 Å². The zero-order valence-electron chi connectivity index (χ0n) is 12.5. The summed E-state index contributed by atoms with van der Waals surface area (Å²) in [6.07, 6.45) is 0.525. The highest BCUT2D eigenvalue weighted by molar-refractivity contribution is 5.49. The Bertz CT molecular complexity index is 630. The van der Waals surface area contributed by atoms with Crippen LogP contribution in [-0.2, 0) is 5.54 Å². The van der Waals surface area contributed by atoms with Crippen LogP contribution in [0.3, 0.4) is 0 Å². The highest BCUT2D eigenvalue weighted by Gasteiger charge is 2.33. The van der Waals surface area contributed by atoms with E-state index in [9.17, 15) is 4.39 Å². The Labute approximate surface area is 124 Å². The van der Waals surface area contributed by atoms with Crippen molar-refractivity contribution in [1.82, 2.24) is 0 Å². The zero-order valence-corrected chi connectivity index (χ0v) is 12.5. The molecule has 0 heterocycles. The Kier molecular flexibility index (Phi) is 4.48. The summed E-state index contributed by atoms with van der Waals surface area (Å²) >= 11 is 0. The molecule has 0 aliphatic carbocycles. The number of ether oxygens (including phenoxy) is 2. The Morgan fingerprint density at radius 3 is 2.33 bits per heavy atom. The summed E-state index contributed by atoms with van der Waals surface area (Å²) < 4.78 is 24.9. The maximum atomic E-state index is 14.2. The molecule has 3 nitrogen and oxygen atoms in total. The van der Waals surface area contributed by atoms with Crippen LogP contribution in [0, 0.1) is 5.82 Å². The van der Waals surface area contributed by atoms with Gasteiger partial charge >= 0.3 is 0 Å². The van der Waals surface area contributed by atoms with Crippen LogP contribution < -0.4 is 15.2 Å². The van der Waals surface area contributed by atoms with Gasteiger partial charge in [-0.3, -0.25) is 0 Å². The fourth-order valence-corrected chi connectivity index (χ4v) is 2.51. The molecule has 112 valence electrons. The number of hydrogen-bond donors (Lipinski definition) is 1. The Balaban J connectivity index is 2.67. The second-order valence-electron chi connectivity index (χ2n) is 4.87. The quantitative estimate of drug-likeness (QED) is 0.917. The van der Waals surface area contributed by atoms with Crippen molar-refractivity contribution < 1.29 is 13.9 Å². The van der Waals surface area contributed by atoms with Crippen molar-refractivity contribution in [3.63, 3.8) is 0 Å². The van der Waals surface area contributed by atoms with Gasteiger partial charge in [-0.1, -0.05) is 25.1 Å². The number of halogens is 1. The molecular weight excluding hydrogens is 269 g/mol. The van der Waals surface area contributed by atoms with E-state index >= 15 is 0 Å². The minimum atomic E-state index is -0.981. The van der Waals surface area contributed by atoms with Gasteiger partial charge in [0.15, 0.2) is 0 Å². The summed E-state index contributed by atoms with van der Waals surface area (Å²) in [6, 6.07) is 11.9. The normalized spacial score (nSPS) is 13.6. The van der Waals surface area contributed by atoms with E-state index in [0.717, 1.165) is 0 Å². The van der Waals surface area contributed by atoms with E-state index in [1.165, 1.54) is 6.07 Å². The molecular formula is C17H20FNO2. The SMILES string of the molecule is CCC(N)(c1ccccc1F)c1cc(OC)ccc1OC. The van der Waals surface area contributed by atoms with E-state index < -0.39 is 5.54 Å². The Morgan fingerprint density at radius 1 is 1.05 bits per heavy atom. The first-order chi connectivity index (χ1) is 10.1. The van der Waals surface area contributed by atoms with Gasteiger partial charge in [-0.05, 0) is 30.7 Å². The molecule has 0 spiro atoms. The lowest BCUT2D eigenvalue weighted by Crippen LogP contribution is -2.38. The van der Waals surface area contributed by atoms with Crippen molar-refractivity contribution in [3.8, 4) is 11.5 Å². The molecule has 1 atom stereocenters. The van der Waals surface area contributed by atoms with Crippen molar-refractivity contribution in [1.29, 1.82) is 0 Å². The second-order valence-corrected chi connectivity index (χ2v) is 4.87. The highest BCUT2D eigenvalue weighted by Crippen LogP contribution is 2.39. The molecule has 4 heteroatoms. The predicted octanol–water partition coefficient (Wildman–Crippen LogP) is 3.46. The Morgan fingerprint density at radius 2 is 1.76 bits per heavy atom. The largest absolute Gasteiger partial charge is 0.497 e. The summed E-state index contributed by atoms with van der Waals surface area (Å²) in [7, 11) is 3.15. The van der Waals surface area contributed by atoms with Gasteiger partial charge in [0.2, 0.25) is 0 Å². The first-order valence-electron chi connectivity index (χ1n) is 6.83. The number of methoxy groups -OCH3 is 2. The van der Waals surface area contributed by atoms with Crippen LogP contribution in [0.1, 0.15) is 24.5 Å². The predicted molar refractivity (Wildman–Crippen MR) is 81.2 cm³/mol. The van der Waals surface area contributed by atoms with Gasteiger partial charge in [0, 0.05) is 11.1 Å². The maximum absolute atomic E-state index is 14.2. The van der Waals surface area contributed by atoms with Gasteiger partial charge in [-0.25, -0.2) is 4.39 Å². The number of benzene rings is 2. The molecule has 0 amide bonds. The van der Waals surface area contributed by atoms with Crippen LogP contribution in [0.2, 0.25) is 0 Å². The van der Waals surface area contributed by atoms with Crippen LogP contribution in [0.25, 0.3) is 0 Å². The fourth-order valence-electron chi connectivity index (χ4n) is 2.51. The third-order valence-corrected chi connectivity index (χ3v) is 3.80. The van der Waals surface area contributed by atoms with Crippen molar-refractivity contribution in [2.24, 2.45) is 5.73 Å². The summed E-state index contributed by atoms with van der Waals surface area (Å²) in [5, 5.41) is 0.